The van der Waals surface area contributed by atoms with Gasteiger partial charge < -0.3 is 8.92 Å². The van der Waals surface area contributed by atoms with Crippen molar-refractivity contribution >= 4 is 18.0 Å². The van der Waals surface area contributed by atoms with E-state index in [0.717, 1.165) is 17.6 Å². The highest BCUT2D eigenvalue weighted by atomic mass is 32.2. The maximum atomic E-state index is 10.4. The van der Waals surface area contributed by atoms with Crippen LogP contribution in [0.4, 0.5) is 0 Å². The fourth-order valence-electron chi connectivity index (χ4n) is 0.982. The van der Waals surface area contributed by atoms with Gasteiger partial charge in [0.2, 0.25) is 0 Å². The van der Waals surface area contributed by atoms with Crippen molar-refractivity contribution in [2.45, 2.75) is 13.5 Å². The van der Waals surface area contributed by atoms with Crippen LogP contribution in [-0.4, -0.2) is 18.3 Å². The van der Waals surface area contributed by atoms with Crippen LogP contribution in [0.15, 0.2) is 30.3 Å². The van der Waals surface area contributed by atoms with Gasteiger partial charge in [-0.3, -0.25) is 4.79 Å². The molecule has 1 aromatic carbocycles. The van der Waals surface area contributed by atoms with E-state index in [1.165, 1.54) is 6.92 Å². The molecule has 0 heterocycles. The Morgan fingerprint density at radius 2 is 2.07 bits per heavy atom. The lowest BCUT2D eigenvalue weighted by molar-refractivity contribution is -0.130. The molecule has 0 aliphatic rings. The van der Waals surface area contributed by atoms with Crippen LogP contribution in [0.5, 0.6) is 0 Å². The first-order valence-electron chi connectivity index (χ1n) is 4.71. The molecule has 15 heavy (non-hydrogen) atoms. The van der Waals surface area contributed by atoms with E-state index in [4.69, 9.17) is 8.92 Å². The lowest BCUT2D eigenvalue weighted by Gasteiger charge is -2.03. The van der Waals surface area contributed by atoms with E-state index in [9.17, 15) is 4.79 Å². The van der Waals surface area contributed by atoms with Gasteiger partial charge in [0.05, 0.1) is 31.0 Å². The summed E-state index contributed by atoms with van der Waals surface area (Å²) in [6.45, 7) is 2.56. The molecule has 0 unspecified atom stereocenters. The fraction of sp³-hybridized carbons (Fsp3) is 0.364. The van der Waals surface area contributed by atoms with Crippen LogP contribution >= 0.6 is 12.0 Å². The molecule has 0 saturated heterocycles. The minimum atomic E-state index is -0.275. The average Bonchev–Trinajstić information content (AvgIpc) is 2.24. The molecule has 1 aromatic rings. The normalized spacial score (nSPS) is 9.93. The lowest BCUT2D eigenvalue weighted by Crippen LogP contribution is -1.99. The SMILES string of the molecule is CC(=O)OSCCOCc1ccccc1. The first-order chi connectivity index (χ1) is 7.29. The van der Waals surface area contributed by atoms with Gasteiger partial charge in [0.1, 0.15) is 0 Å². The van der Waals surface area contributed by atoms with Gasteiger partial charge in [-0.05, 0) is 5.56 Å². The maximum absolute atomic E-state index is 10.4. The molecule has 0 N–H and O–H groups in total. The number of carbonyl (C=O) groups is 1. The lowest BCUT2D eigenvalue weighted by atomic mass is 10.2. The zero-order valence-electron chi connectivity index (χ0n) is 8.64. The molecule has 0 aromatic heterocycles. The van der Waals surface area contributed by atoms with Gasteiger partial charge in [-0.2, -0.15) is 0 Å². The van der Waals surface area contributed by atoms with Gasteiger partial charge in [-0.15, -0.1) is 0 Å². The third kappa shape index (κ3) is 6.14. The van der Waals surface area contributed by atoms with E-state index in [2.05, 4.69) is 0 Å². The summed E-state index contributed by atoms with van der Waals surface area (Å²) in [6, 6.07) is 9.96. The quantitative estimate of drug-likeness (QED) is 0.551. The van der Waals surface area contributed by atoms with Crippen LogP contribution in [-0.2, 0) is 20.3 Å². The Bertz CT molecular complexity index is 287. The van der Waals surface area contributed by atoms with Crippen LogP contribution < -0.4 is 0 Å². The Labute approximate surface area is 94.0 Å². The molecule has 0 atom stereocenters. The van der Waals surface area contributed by atoms with E-state index >= 15 is 0 Å². The van der Waals surface area contributed by atoms with Crippen LogP contribution in [0.3, 0.4) is 0 Å². The maximum Gasteiger partial charge on any atom is 0.314 e. The molecule has 0 amide bonds. The third-order valence-electron chi connectivity index (χ3n) is 1.60. The van der Waals surface area contributed by atoms with Crippen molar-refractivity contribution in [1.82, 2.24) is 0 Å². The fourth-order valence-corrected chi connectivity index (χ4v) is 1.42. The topological polar surface area (TPSA) is 35.5 Å². The summed E-state index contributed by atoms with van der Waals surface area (Å²) >= 11 is 1.12. The van der Waals surface area contributed by atoms with E-state index in [0.29, 0.717) is 19.0 Å². The molecule has 0 aliphatic carbocycles. The molecule has 1 rings (SSSR count). The first kappa shape index (κ1) is 12.1. The van der Waals surface area contributed by atoms with Crippen LogP contribution in [0, 0.1) is 0 Å². The number of hydrogen-bond acceptors (Lipinski definition) is 4. The molecule has 4 heteroatoms. The Hall–Kier alpha value is -1.00. The molecule has 3 nitrogen and oxygen atoms in total. The summed E-state index contributed by atoms with van der Waals surface area (Å²) in [6.07, 6.45) is 0. The van der Waals surface area contributed by atoms with Crippen molar-refractivity contribution in [3.8, 4) is 0 Å². The molecule has 82 valence electrons. The Balaban J connectivity index is 2.00. The van der Waals surface area contributed by atoms with Gasteiger partial charge in [0.15, 0.2) is 0 Å². The number of hydrogen-bond donors (Lipinski definition) is 0. The molecule has 0 bridgehead atoms. The zero-order valence-corrected chi connectivity index (χ0v) is 9.46. The van der Waals surface area contributed by atoms with Crippen LogP contribution in [0.25, 0.3) is 0 Å². The minimum Gasteiger partial charge on any atom is -0.391 e. The van der Waals surface area contributed by atoms with E-state index in [1.807, 2.05) is 30.3 Å². The second-order valence-electron chi connectivity index (χ2n) is 2.94. The second-order valence-corrected chi connectivity index (χ2v) is 3.75. The average molecular weight is 226 g/mol. The molecule has 0 saturated carbocycles. The summed E-state index contributed by atoms with van der Waals surface area (Å²) in [5.74, 6) is 0.384. The van der Waals surface area contributed by atoms with Crippen molar-refractivity contribution in [3.63, 3.8) is 0 Å². The zero-order chi connectivity index (χ0) is 10.9. The molecule has 0 aliphatic heterocycles. The van der Waals surface area contributed by atoms with E-state index < -0.39 is 0 Å². The second kappa shape index (κ2) is 7.31. The van der Waals surface area contributed by atoms with Gasteiger partial charge in [-0.25, -0.2) is 0 Å². The standard InChI is InChI=1S/C11H14O3S/c1-10(12)14-15-8-7-13-9-11-5-3-2-4-6-11/h2-6H,7-9H2,1H3. The third-order valence-corrected chi connectivity index (χ3v) is 2.28. The number of rotatable bonds is 6. The molecule has 0 spiro atoms. The predicted molar refractivity (Wildman–Crippen MR) is 60.3 cm³/mol. The number of carbonyl (C=O) groups excluding carboxylic acids is 1. The van der Waals surface area contributed by atoms with Gasteiger partial charge >= 0.3 is 5.97 Å². The van der Waals surface area contributed by atoms with Crippen LogP contribution in [0.2, 0.25) is 0 Å². The van der Waals surface area contributed by atoms with E-state index in [1.54, 1.807) is 0 Å². The van der Waals surface area contributed by atoms with Gasteiger partial charge in [0, 0.05) is 6.92 Å². The monoisotopic (exact) mass is 226 g/mol. The highest BCUT2D eigenvalue weighted by Gasteiger charge is 1.95. The van der Waals surface area contributed by atoms with E-state index in [-0.39, 0.29) is 5.97 Å². The van der Waals surface area contributed by atoms with Crippen molar-refractivity contribution in [2.75, 3.05) is 12.4 Å². The van der Waals surface area contributed by atoms with Crippen LogP contribution in [0.1, 0.15) is 12.5 Å². The van der Waals surface area contributed by atoms with Crippen molar-refractivity contribution in [2.24, 2.45) is 0 Å². The Kier molecular flexibility index (Phi) is 5.88. The largest absolute Gasteiger partial charge is 0.391 e. The van der Waals surface area contributed by atoms with Crippen molar-refractivity contribution in [1.29, 1.82) is 0 Å². The molecule has 0 fully saturated rings. The number of benzene rings is 1. The Morgan fingerprint density at radius 1 is 1.33 bits per heavy atom. The summed E-state index contributed by atoms with van der Waals surface area (Å²) in [4.78, 5) is 10.4. The molecular weight excluding hydrogens is 212 g/mol. The highest BCUT2D eigenvalue weighted by molar-refractivity contribution is 7.95. The predicted octanol–water partition coefficient (Wildman–Crippen LogP) is 2.41. The smallest absolute Gasteiger partial charge is 0.314 e. The summed E-state index contributed by atoms with van der Waals surface area (Å²) in [5.41, 5.74) is 1.15. The molecule has 0 radical (unpaired) electrons. The first-order valence-corrected chi connectivity index (χ1v) is 5.62. The van der Waals surface area contributed by atoms with Crippen molar-refractivity contribution in [3.05, 3.63) is 35.9 Å². The van der Waals surface area contributed by atoms with Gasteiger partial charge in [-0.1, -0.05) is 30.3 Å². The van der Waals surface area contributed by atoms with Gasteiger partial charge in [0.25, 0.3) is 0 Å². The Morgan fingerprint density at radius 3 is 2.73 bits per heavy atom. The summed E-state index contributed by atoms with van der Waals surface area (Å²) in [7, 11) is 0. The number of ether oxygens (including phenoxy) is 1. The minimum absolute atomic E-state index is 0.275. The summed E-state index contributed by atoms with van der Waals surface area (Å²) in [5, 5.41) is 0. The summed E-state index contributed by atoms with van der Waals surface area (Å²) < 4.78 is 10.1. The van der Waals surface area contributed by atoms with Crippen molar-refractivity contribution < 1.29 is 13.7 Å². The highest BCUT2D eigenvalue weighted by Crippen LogP contribution is 2.04. The molecular formula is C11H14O3S.